The standard InChI is InChI=1S/C20H20ClN5O6S/c1-11-3-5-13(6-4-11)33(31,32)26-10-14(21)17-18(26)22-8-16(23-17)24(2)19(28)15-7-12(27)9-25(15)20(29)30/h3-6,8,10,12,15,27H,7,9H2,1-2H3,(H,29,30). The number of hydrogen-bond acceptors (Lipinski definition) is 7. The van der Waals surface area contributed by atoms with Crippen LogP contribution in [0.2, 0.25) is 5.02 Å². The van der Waals surface area contributed by atoms with Gasteiger partial charge in [0.25, 0.3) is 15.9 Å². The molecule has 2 amide bonds. The normalized spacial score (nSPS) is 18.6. The van der Waals surface area contributed by atoms with Crippen LogP contribution in [-0.2, 0) is 14.8 Å². The first-order valence-corrected chi connectivity index (χ1v) is 11.6. The molecule has 11 nitrogen and oxygen atoms in total. The SMILES string of the molecule is Cc1ccc(S(=O)(=O)n2cc(Cl)c3nc(N(C)C(=O)C4CC(O)CN4C(=O)O)cnc32)cc1. The summed E-state index contributed by atoms with van der Waals surface area (Å²) in [6.07, 6.45) is 0.0753. The fourth-order valence-electron chi connectivity index (χ4n) is 3.68. The molecule has 0 saturated carbocycles. The maximum absolute atomic E-state index is 13.1. The molecule has 1 aromatic carbocycles. The summed E-state index contributed by atoms with van der Waals surface area (Å²) in [6.45, 7) is 1.67. The van der Waals surface area contributed by atoms with Gasteiger partial charge in [-0.15, -0.1) is 0 Å². The average molecular weight is 494 g/mol. The van der Waals surface area contributed by atoms with E-state index >= 15 is 0 Å². The molecule has 1 aliphatic rings. The van der Waals surface area contributed by atoms with Gasteiger partial charge >= 0.3 is 6.09 Å². The van der Waals surface area contributed by atoms with Crippen molar-refractivity contribution in [1.29, 1.82) is 0 Å². The molecule has 0 bridgehead atoms. The Hall–Kier alpha value is -3.22. The topological polar surface area (TPSA) is 146 Å². The van der Waals surface area contributed by atoms with Crippen molar-refractivity contribution in [2.24, 2.45) is 0 Å². The number of aliphatic hydroxyl groups is 1. The minimum absolute atomic E-state index is 0.0133. The molecule has 3 heterocycles. The highest BCUT2D eigenvalue weighted by Gasteiger charge is 2.40. The monoisotopic (exact) mass is 493 g/mol. The van der Waals surface area contributed by atoms with E-state index < -0.39 is 34.2 Å². The number of amides is 2. The number of rotatable bonds is 4. The van der Waals surface area contributed by atoms with Gasteiger partial charge in [-0.3, -0.25) is 14.6 Å². The van der Waals surface area contributed by atoms with Crippen molar-refractivity contribution in [2.45, 2.75) is 30.4 Å². The van der Waals surface area contributed by atoms with Gasteiger partial charge < -0.3 is 10.2 Å². The highest BCUT2D eigenvalue weighted by molar-refractivity contribution is 7.90. The smallest absolute Gasteiger partial charge is 0.408 e. The van der Waals surface area contributed by atoms with Crippen molar-refractivity contribution < 1.29 is 28.2 Å². The highest BCUT2D eigenvalue weighted by Crippen LogP contribution is 2.29. The number of aliphatic hydroxyl groups excluding tert-OH is 1. The minimum atomic E-state index is -4.00. The van der Waals surface area contributed by atoms with Gasteiger partial charge in [-0.25, -0.2) is 27.2 Å². The Kier molecular flexibility index (Phi) is 5.76. The molecule has 174 valence electrons. The molecule has 33 heavy (non-hydrogen) atoms. The van der Waals surface area contributed by atoms with Crippen molar-refractivity contribution in [3.05, 3.63) is 47.2 Å². The number of fused-ring (bicyclic) bond motifs is 1. The third-order valence-electron chi connectivity index (χ3n) is 5.47. The molecule has 2 N–H and O–H groups in total. The van der Waals surface area contributed by atoms with Crippen molar-refractivity contribution in [3.8, 4) is 0 Å². The maximum atomic E-state index is 13.1. The number of carbonyl (C=O) groups is 2. The largest absolute Gasteiger partial charge is 0.465 e. The predicted octanol–water partition coefficient (Wildman–Crippen LogP) is 1.71. The zero-order chi connectivity index (χ0) is 24.1. The third kappa shape index (κ3) is 4.01. The fraction of sp³-hybridized carbons (Fsp3) is 0.300. The van der Waals surface area contributed by atoms with Crippen molar-refractivity contribution >= 4 is 50.6 Å². The second-order valence-corrected chi connectivity index (χ2v) is 9.95. The number of anilines is 1. The van der Waals surface area contributed by atoms with Crippen LogP contribution in [0.5, 0.6) is 0 Å². The zero-order valence-corrected chi connectivity index (χ0v) is 19.2. The number of carboxylic acid groups (broad SMARTS) is 1. The lowest BCUT2D eigenvalue weighted by Crippen LogP contribution is -2.46. The molecule has 1 fully saturated rings. The summed E-state index contributed by atoms with van der Waals surface area (Å²) in [6, 6.07) is 5.21. The van der Waals surface area contributed by atoms with Gasteiger partial charge in [0.2, 0.25) is 0 Å². The van der Waals surface area contributed by atoms with E-state index in [1.807, 2.05) is 6.92 Å². The van der Waals surface area contributed by atoms with Crippen LogP contribution >= 0.6 is 11.6 Å². The molecule has 1 aliphatic heterocycles. The van der Waals surface area contributed by atoms with Gasteiger partial charge in [-0.05, 0) is 19.1 Å². The van der Waals surface area contributed by atoms with Crippen LogP contribution in [0.25, 0.3) is 11.2 Å². The summed E-state index contributed by atoms with van der Waals surface area (Å²) in [4.78, 5) is 34.8. The van der Waals surface area contributed by atoms with Crippen LogP contribution < -0.4 is 4.90 Å². The Morgan fingerprint density at radius 2 is 1.91 bits per heavy atom. The molecule has 4 rings (SSSR count). The van der Waals surface area contributed by atoms with Gasteiger partial charge in [0.1, 0.15) is 11.6 Å². The van der Waals surface area contributed by atoms with Crippen LogP contribution in [-0.4, -0.2) is 75.2 Å². The summed E-state index contributed by atoms with van der Waals surface area (Å²) in [5.74, 6) is -0.558. The number of aryl methyl sites for hydroxylation is 1. The number of β-amino-alcohol motifs (C(OH)–C–C–N with tert-alkyl or cyclic N) is 1. The second kappa shape index (κ2) is 8.28. The molecule has 0 spiro atoms. The summed E-state index contributed by atoms with van der Waals surface area (Å²) in [5, 5.41) is 19.1. The van der Waals surface area contributed by atoms with Crippen molar-refractivity contribution in [1.82, 2.24) is 18.8 Å². The predicted molar refractivity (Wildman–Crippen MR) is 119 cm³/mol. The van der Waals surface area contributed by atoms with Crippen molar-refractivity contribution in [3.63, 3.8) is 0 Å². The van der Waals surface area contributed by atoms with Gasteiger partial charge in [0, 0.05) is 19.7 Å². The van der Waals surface area contributed by atoms with Crippen molar-refractivity contribution in [2.75, 3.05) is 18.5 Å². The summed E-state index contributed by atoms with van der Waals surface area (Å²) < 4.78 is 27.1. The van der Waals surface area contributed by atoms with E-state index in [0.717, 1.165) is 19.3 Å². The Balaban J connectivity index is 1.70. The second-order valence-electron chi connectivity index (χ2n) is 7.73. The van der Waals surface area contributed by atoms with E-state index in [4.69, 9.17) is 11.6 Å². The van der Waals surface area contributed by atoms with E-state index in [0.29, 0.717) is 0 Å². The molecule has 1 saturated heterocycles. The Labute approximate surface area is 193 Å². The first-order valence-electron chi connectivity index (χ1n) is 9.81. The Bertz CT molecular complexity index is 1360. The number of likely N-dealkylation sites (N-methyl/N-ethyl adjacent to an activating group) is 1. The summed E-state index contributed by atoms with van der Waals surface area (Å²) >= 11 is 6.25. The third-order valence-corrected chi connectivity index (χ3v) is 7.41. The van der Waals surface area contributed by atoms with Crippen LogP contribution in [0, 0.1) is 6.92 Å². The minimum Gasteiger partial charge on any atom is -0.465 e. The zero-order valence-electron chi connectivity index (χ0n) is 17.6. The first-order chi connectivity index (χ1) is 15.5. The van der Waals surface area contributed by atoms with E-state index in [1.165, 1.54) is 31.6 Å². The molecule has 2 atom stereocenters. The highest BCUT2D eigenvalue weighted by atomic mass is 35.5. The van der Waals surface area contributed by atoms with E-state index in [-0.39, 0.29) is 39.9 Å². The number of halogens is 1. The summed E-state index contributed by atoms with van der Waals surface area (Å²) in [5.41, 5.74) is 0.942. The lowest BCUT2D eigenvalue weighted by Gasteiger charge is -2.25. The van der Waals surface area contributed by atoms with E-state index in [2.05, 4.69) is 9.97 Å². The van der Waals surface area contributed by atoms with Crippen LogP contribution in [0.3, 0.4) is 0 Å². The lowest BCUT2D eigenvalue weighted by atomic mass is 10.2. The van der Waals surface area contributed by atoms with Crippen LogP contribution in [0.1, 0.15) is 12.0 Å². The van der Waals surface area contributed by atoms with Crippen LogP contribution in [0.15, 0.2) is 41.6 Å². The number of aromatic nitrogens is 3. The van der Waals surface area contributed by atoms with Gasteiger partial charge in [-0.1, -0.05) is 29.3 Å². The quantitative estimate of drug-likeness (QED) is 0.558. The average Bonchev–Trinajstić information content (AvgIpc) is 3.33. The number of benzene rings is 1. The number of nitrogens with zero attached hydrogens (tertiary/aromatic N) is 5. The molecular formula is C20H20ClN5O6S. The van der Waals surface area contributed by atoms with Gasteiger partial charge in [0.05, 0.1) is 28.8 Å². The molecule has 13 heteroatoms. The number of carbonyl (C=O) groups excluding carboxylic acids is 1. The molecule has 0 aliphatic carbocycles. The molecule has 3 aromatic rings. The van der Waals surface area contributed by atoms with Crippen LogP contribution in [0.4, 0.5) is 10.6 Å². The maximum Gasteiger partial charge on any atom is 0.408 e. The van der Waals surface area contributed by atoms with E-state index in [1.54, 1.807) is 12.1 Å². The van der Waals surface area contributed by atoms with Gasteiger partial charge in [-0.2, -0.15) is 0 Å². The first kappa shape index (κ1) is 23.0. The molecule has 2 aromatic heterocycles. The number of likely N-dealkylation sites (tertiary alicyclic amines) is 1. The summed E-state index contributed by atoms with van der Waals surface area (Å²) in [7, 11) is -2.61. The molecule has 0 radical (unpaired) electrons. The molecule has 2 unspecified atom stereocenters. The lowest BCUT2D eigenvalue weighted by molar-refractivity contribution is -0.122. The fourth-order valence-corrected chi connectivity index (χ4v) is 5.28. The Morgan fingerprint density at radius 1 is 1.24 bits per heavy atom. The van der Waals surface area contributed by atoms with Gasteiger partial charge in [0.15, 0.2) is 11.5 Å². The van der Waals surface area contributed by atoms with E-state index in [9.17, 15) is 28.2 Å². The Morgan fingerprint density at radius 3 is 2.55 bits per heavy atom. The number of hydrogen-bond donors (Lipinski definition) is 2. The molecular weight excluding hydrogens is 474 g/mol.